The molecule has 0 nitrogen and oxygen atoms in total. The molecule has 2 aromatic rings. The normalized spacial score (nSPS) is 18.5. The van der Waals surface area contributed by atoms with Crippen molar-refractivity contribution in [2.45, 2.75) is 33.1 Å². The van der Waals surface area contributed by atoms with Gasteiger partial charge in [-0.3, -0.25) is 0 Å². The van der Waals surface area contributed by atoms with Crippen molar-refractivity contribution in [1.82, 2.24) is 0 Å². The summed E-state index contributed by atoms with van der Waals surface area (Å²) in [4.78, 5) is 0. The van der Waals surface area contributed by atoms with E-state index < -0.39 is 0 Å². The Labute approximate surface area is 148 Å². The summed E-state index contributed by atoms with van der Waals surface area (Å²) in [6, 6.07) is 22.0. The molecule has 0 aliphatic heterocycles. The average Bonchev–Trinajstić information content (AvgIpc) is 2.83. The van der Waals surface area contributed by atoms with Crippen molar-refractivity contribution in [2.75, 3.05) is 6.16 Å². The van der Waals surface area contributed by atoms with Gasteiger partial charge in [-0.15, -0.1) is 9.24 Å². The summed E-state index contributed by atoms with van der Waals surface area (Å²) in [6.45, 7) is 9.24. The Hall–Kier alpha value is -1.65. The van der Waals surface area contributed by atoms with Crippen molar-refractivity contribution in [2.24, 2.45) is 5.92 Å². The maximum atomic E-state index is 3.03. The van der Waals surface area contributed by atoms with Crippen LogP contribution in [0.25, 0.3) is 0 Å². The lowest BCUT2D eigenvalue weighted by molar-refractivity contribution is 0.600. The fourth-order valence-corrected chi connectivity index (χ4v) is 5.01. The Morgan fingerprint density at radius 2 is 1.25 bits per heavy atom. The van der Waals surface area contributed by atoms with Crippen LogP contribution >= 0.6 is 9.24 Å². The summed E-state index contributed by atoms with van der Waals surface area (Å²) in [5.74, 6) is 0.478. The molecule has 0 saturated carbocycles. The van der Waals surface area contributed by atoms with Crippen LogP contribution in [0.2, 0.25) is 0 Å². The predicted molar refractivity (Wildman–Crippen MR) is 108 cm³/mol. The summed E-state index contributed by atoms with van der Waals surface area (Å²) < 4.78 is 0. The summed E-state index contributed by atoms with van der Waals surface area (Å²) in [6.07, 6.45) is 0.985. The summed E-state index contributed by atoms with van der Waals surface area (Å²) in [5, 5.41) is 0. The molecule has 124 valence electrons. The minimum atomic E-state index is -0.0876. The quantitative estimate of drug-likeness (QED) is 0.588. The molecule has 0 saturated heterocycles. The van der Waals surface area contributed by atoms with E-state index in [-0.39, 0.29) is 5.41 Å². The lowest BCUT2D eigenvalue weighted by atomic mass is 9.66. The highest BCUT2D eigenvalue weighted by molar-refractivity contribution is 7.16. The van der Waals surface area contributed by atoms with Gasteiger partial charge in [0.25, 0.3) is 0 Å². The van der Waals surface area contributed by atoms with Crippen LogP contribution < -0.4 is 0 Å². The van der Waals surface area contributed by atoms with E-state index in [1.54, 1.807) is 5.57 Å². The second-order valence-corrected chi connectivity index (χ2v) is 7.32. The van der Waals surface area contributed by atoms with E-state index in [0.717, 1.165) is 6.16 Å². The first-order valence-corrected chi connectivity index (χ1v) is 9.55. The highest BCUT2D eigenvalue weighted by Gasteiger charge is 2.42. The molecular weight excluding hydrogens is 307 g/mol. The summed E-state index contributed by atoms with van der Waals surface area (Å²) >= 11 is 0. The lowest BCUT2D eigenvalue weighted by Gasteiger charge is -2.39. The Kier molecular flexibility index (Phi) is 4.79. The molecule has 1 aliphatic rings. The van der Waals surface area contributed by atoms with E-state index >= 15 is 0 Å². The largest absolute Gasteiger partial charge is 0.136 e. The smallest absolute Gasteiger partial charge is 0.0456 e. The van der Waals surface area contributed by atoms with Crippen LogP contribution in [0.5, 0.6) is 0 Å². The first-order valence-electron chi connectivity index (χ1n) is 8.74. The van der Waals surface area contributed by atoms with Gasteiger partial charge < -0.3 is 0 Å². The van der Waals surface area contributed by atoms with Crippen LogP contribution in [0, 0.1) is 5.92 Å². The van der Waals surface area contributed by atoms with Gasteiger partial charge in [-0.2, -0.15) is 0 Å². The van der Waals surface area contributed by atoms with Crippen molar-refractivity contribution < 1.29 is 0 Å². The van der Waals surface area contributed by atoms with Gasteiger partial charge in [0, 0.05) is 5.41 Å². The Bertz CT molecular complexity index is 742. The van der Waals surface area contributed by atoms with Gasteiger partial charge in [0.05, 0.1) is 0 Å². The molecule has 2 unspecified atom stereocenters. The molecule has 0 spiro atoms. The second kappa shape index (κ2) is 6.69. The molecule has 0 heterocycles. The minimum absolute atomic E-state index is 0.0876. The molecule has 3 rings (SSSR count). The standard InChI is InChI=1S/C23H27P/c1-16-17(2)19(4)22(18(16)3)23(15-24,20-11-7-5-8-12-20)21-13-9-6-10-14-21/h5-14,18H,15,24H2,1-4H3. The van der Waals surface area contributed by atoms with Crippen LogP contribution in [0.4, 0.5) is 0 Å². The maximum absolute atomic E-state index is 3.03. The number of hydrogen-bond acceptors (Lipinski definition) is 0. The molecular formula is C23H27P. The first kappa shape index (κ1) is 17.2. The van der Waals surface area contributed by atoms with Crippen molar-refractivity contribution in [1.29, 1.82) is 0 Å². The van der Waals surface area contributed by atoms with E-state index in [9.17, 15) is 0 Å². The molecule has 1 aliphatic carbocycles. The first-order chi connectivity index (χ1) is 11.5. The van der Waals surface area contributed by atoms with Crippen LogP contribution in [-0.2, 0) is 5.41 Å². The zero-order valence-corrected chi connectivity index (χ0v) is 16.3. The fraction of sp³-hybridized carbons (Fsp3) is 0.304. The lowest BCUT2D eigenvalue weighted by Crippen LogP contribution is -2.35. The molecule has 2 atom stereocenters. The number of rotatable bonds is 4. The fourth-order valence-electron chi connectivity index (χ4n) is 4.32. The minimum Gasteiger partial charge on any atom is -0.136 e. The van der Waals surface area contributed by atoms with E-state index in [2.05, 4.69) is 97.6 Å². The number of allylic oxidation sites excluding steroid dienone is 4. The summed E-state index contributed by atoms with van der Waals surface area (Å²) in [5.41, 5.74) is 8.68. The van der Waals surface area contributed by atoms with Crippen molar-refractivity contribution in [3.8, 4) is 0 Å². The van der Waals surface area contributed by atoms with E-state index in [0.29, 0.717) is 5.92 Å². The zero-order valence-electron chi connectivity index (χ0n) is 15.1. The molecule has 2 aromatic carbocycles. The number of benzene rings is 2. The predicted octanol–water partition coefficient (Wildman–Crippen LogP) is 6.15. The zero-order chi connectivity index (χ0) is 17.3. The van der Waals surface area contributed by atoms with Gasteiger partial charge in [-0.1, -0.05) is 73.2 Å². The number of hydrogen-bond donors (Lipinski definition) is 0. The average molecular weight is 334 g/mol. The molecule has 0 amide bonds. The SMILES string of the molecule is CC1=C(C)C(C)C(C(CP)(c2ccccc2)c2ccccc2)=C1C. The Morgan fingerprint density at radius 1 is 0.792 bits per heavy atom. The molecule has 0 fully saturated rings. The maximum Gasteiger partial charge on any atom is 0.0456 e. The Morgan fingerprint density at radius 3 is 1.58 bits per heavy atom. The summed E-state index contributed by atoms with van der Waals surface area (Å²) in [7, 11) is 3.03. The topological polar surface area (TPSA) is 0 Å². The van der Waals surface area contributed by atoms with Crippen molar-refractivity contribution in [3.05, 3.63) is 94.1 Å². The monoisotopic (exact) mass is 334 g/mol. The van der Waals surface area contributed by atoms with Gasteiger partial charge in [-0.25, -0.2) is 0 Å². The third-order valence-electron chi connectivity index (χ3n) is 5.94. The molecule has 0 aromatic heterocycles. The van der Waals surface area contributed by atoms with Crippen LogP contribution in [0.1, 0.15) is 38.8 Å². The highest BCUT2D eigenvalue weighted by Crippen LogP contribution is 2.51. The van der Waals surface area contributed by atoms with Crippen LogP contribution in [0.3, 0.4) is 0 Å². The van der Waals surface area contributed by atoms with Gasteiger partial charge >= 0.3 is 0 Å². The molecule has 0 radical (unpaired) electrons. The van der Waals surface area contributed by atoms with Gasteiger partial charge in [0.1, 0.15) is 0 Å². The highest BCUT2D eigenvalue weighted by atomic mass is 31.0. The van der Waals surface area contributed by atoms with Crippen molar-refractivity contribution >= 4 is 9.24 Å². The van der Waals surface area contributed by atoms with E-state index in [1.807, 2.05) is 0 Å². The molecule has 1 heteroatoms. The van der Waals surface area contributed by atoms with Crippen LogP contribution in [0.15, 0.2) is 83.0 Å². The van der Waals surface area contributed by atoms with Gasteiger partial charge in [-0.05, 0) is 60.7 Å². The molecule has 0 N–H and O–H groups in total. The van der Waals surface area contributed by atoms with Crippen molar-refractivity contribution in [3.63, 3.8) is 0 Å². The van der Waals surface area contributed by atoms with Gasteiger partial charge in [0.2, 0.25) is 0 Å². The van der Waals surface area contributed by atoms with Gasteiger partial charge in [0.15, 0.2) is 0 Å². The van der Waals surface area contributed by atoms with E-state index in [1.165, 1.54) is 27.8 Å². The third-order valence-corrected chi connectivity index (χ3v) is 6.55. The second-order valence-electron chi connectivity index (χ2n) is 6.91. The molecule has 24 heavy (non-hydrogen) atoms. The third kappa shape index (κ3) is 2.49. The van der Waals surface area contributed by atoms with E-state index in [4.69, 9.17) is 0 Å². The van der Waals surface area contributed by atoms with Crippen LogP contribution in [-0.4, -0.2) is 6.16 Å². The molecule has 0 bridgehead atoms. The Balaban J connectivity index is 2.33.